The van der Waals surface area contributed by atoms with Gasteiger partial charge in [-0.3, -0.25) is 0 Å². The topological polar surface area (TPSA) is 12.0 Å². The molecule has 2 aromatic rings. The van der Waals surface area contributed by atoms with Gasteiger partial charge in [0, 0.05) is 21.8 Å². The van der Waals surface area contributed by atoms with E-state index in [9.17, 15) is 0 Å². The van der Waals surface area contributed by atoms with Crippen molar-refractivity contribution in [2.24, 2.45) is 5.92 Å². The van der Waals surface area contributed by atoms with Crippen LogP contribution in [0, 0.1) is 5.92 Å². The van der Waals surface area contributed by atoms with Crippen LogP contribution in [0.15, 0.2) is 33.4 Å². The van der Waals surface area contributed by atoms with Gasteiger partial charge in [-0.2, -0.15) is 0 Å². The van der Waals surface area contributed by atoms with E-state index < -0.39 is 0 Å². The van der Waals surface area contributed by atoms with Crippen molar-refractivity contribution in [2.45, 2.75) is 44.7 Å². The average molecular weight is 370 g/mol. The van der Waals surface area contributed by atoms with Gasteiger partial charge in [0.25, 0.3) is 0 Å². The third kappa shape index (κ3) is 3.35. The number of rotatable bonds is 5. The van der Waals surface area contributed by atoms with Crippen molar-refractivity contribution < 1.29 is 0 Å². The van der Waals surface area contributed by atoms with E-state index in [1.54, 1.807) is 0 Å². The highest BCUT2D eigenvalue weighted by Crippen LogP contribution is 2.39. The van der Waals surface area contributed by atoms with Crippen LogP contribution >= 0.6 is 38.6 Å². The second-order valence-corrected chi connectivity index (χ2v) is 9.04. The van der Waals surface area contributed by atoms with Crippen LogP contribution in [0.25, 0.3) is 0 Å². The second kappa shape index (κ2) is 6.73. The lowest BCUT2D eigenvalue weighted by molar-refractivity contribution is 0.345. The van der Waals surface area contributed by atoms with Crippen LogP contribution in [0.1, 0.15) is 54.4 Å². The van der Waals surface area contributed by atoms with E-state index in [0.29, 0.717) is 12.1 Å². The van der Waals surface area contributed by atoms with Crippen LogP contribution in [0.5, 0.6) is 0 Å². The lowest BCUT2D eigenvalue weighted by atomic mass is 9.96. The maximum atomic E-state index is 3.89. The maximum absolute atomic E-state index is 3.89. The molecular formula is C16H20BrNS2. The van der Waals surface area contributed by atoms with Gasteiger partial charge in [-0.25, -0.2) is 0 Å². The van der Waals surface area contributed by atoms with Gasteiger partial charge in [0.2, 0.25) is 0 Å². The lowest BCUT2D eigenvalue weighted by Gasteiger charge is -2.27. The SMILES string of the molecule is CC(NC(c1cccs1)C1CCCC1)c1ccc(Br)s1. The Morgan fingerprint density at radius 2 is 2.00 bits per heavy atom. The van der Waals surface area contributed by atoms with Crippen molar-refractivity contribution in [1.29, 1.82) is 0 Å². The third-order valence-corrected chi connectivity index (χ3v) is 6.93. The highest BCUT2D eigenvalue weighted by atomic mass is 79.9. The Morgan fingerprint density at radius 3 is 2.60 bits per heavy atom. The minimum absolute atomic E-state index is 0.416. The molecule has 2 aromatic heterocycles. The summed E-state index contributed by atoms with van der Waals surface area (Å²) in [5.74, 6) is 0.805. The average Bonchev–Trinajstić information content (AvgIpc) is 3.17. The summed E-state index contributed by atoms with van der Waals surface area (Å²) in [5, 5.41) is 6.09. The highest BCUT2D eigenvalue weighted by Gasteiger charge is 2.28. The van der Waals surface area contributed by atoms with E-state index in [4.69, 9.17) is 0 Å². The van der Waals surface area contributed by atoms with Crippen molar-refractivity contribution >= 4 is 38.6 Å². The summed E-state index contributed by atoms with van der Waals surface area (Å²) in [6.45, 7) is 2.29. The van der Waals surface area contributed by atoms with Gasteiger partial charge in [0.05, 0.1) is 3.79 Å². The van der Waals surface area contributed by atoms with Crippen LogP contribution in [-0.2, 0) is 0 Å². The molecule has 0 spiro atoms. The molecule has 2 atom stereocenters. The fourth-order valence-electron chi connectivity index (χ4n) is 3.12. The van der Waals surface area contributed by atoms with Crippen LogP contribution in [-0.4, -0.2) is 0 Å². The van der Waals surface area contributed by atoms with E-state index in [0.717, 1.165) is 5.92 Å². The molecule has 0 bridgehead atoms. The molecule has 1 aliphatic rings. The minimum atomic E-state index is 0.416. The lowest BCUT2D eigenvalue weighted by Crippen LogP contribution is -2.28. The van der Waals surface area contributed by atoms with Gasteiger partial charge in [0.1, 0.15) is 0 Å². The molecule has 0 radical (unpaired) electrons. The molecule has 0 aliphatic heterocycles. The highest BCUT2D eigenvalue weighted by molar-refractivity contribution is 9.11. The molecular weight excluding hydrogens is 350 g/mol. The van der Waals surface area contributed by atoms with E-state index in [-0.39, 0.29) is 0 Å². The molecule has 1 saturated carbocycles. The third-order valence-electron chi connectivity index (χ3n) is 4.17. The molecule has 1 N–H and O–H groups in total. The molecule has 1 aliphatic carbocycles. The number of halogens is 1. The first-order chi connectivity index (χ1) is 9.74. The van der Waals surface area contributed by atoms with Gasteiger partial charge < -0.3 is 5.32 Å². The van der Waals surface area contributed by atoms with Crippen LogP contribution < -0.4 is 5.32 Å². The molecule has 108 valence electrons. The van der Waals surface area contributed by atoms with E-state index in [2.05, 4.69) is 57.8 Å². The summed E-state index contributed by atoms with van der Waals surface area (Å²) >= 11 is 7.29. The first-order valence-corrected chi connectivity index (χ1v) is 9.77. The molecule has 1 fully saturated rings. The zero-order valence-corrected chi connectivity index (χ0v) is 14.9. The fourth-order valence-corrected chi connectivity index (χ4v) is 5.44. The zero-order valence-electron chi connectivity index (χ0n) is 11.6. The predicted octanol–water partition coefficient (Wildman–Crippen LogP) is 6.15. The molecule has 2 heterocycles. The molecule has 4 heteroatoms. The van der Waals surface area contributed by atoms with Gasteiger partial charge in [-0.1, -0.05) is 18.9 Å². The Morgan fingerprint density at radius 1 is 1.20 bits per heavy atom. The van der Waals surface area contributed by atoms with Gasteiger partial charge >= 0.3 is 0 Å². The normalized spacial score (nSPS) is 19.3. The fraction of sp³-hybridized carbons (Fsp3) is 0.500. The van der Waals surface area contributed by atoms with Crippen LogP contribution in [0.3, 0.4) is 0 Å². The summed E-state index contributed by atoms with van der Waals surface area (Å²) in [4.78, 5) is 2.91. The van der Waals surface area contributed by atoms with Gasteiger partial charge in [-0.15, -0.1) is 22.7 Å². The van der Waals surface area contributed by atoms with Crippen molar-refractivity contribution in [3.8, 4) is 0 Å². The molecule has 1 nitrogen and oxygen atoms in total. The Kier molecular flexibility index (Phi) is 4.97. The van der Waals surface area contributed by atoms with E-state index in [1.165, 1.54) is 39.2 Å². The first kappa shape index (κ1) is 14.8. The molecule has 0 saturated heterocycles. The largest absolute Gasteiger partial charge is 0.302 e. The first-order valence-electron chi connectivity index (χ1n) is 7.28. The van der Waals surface area contributed by atoms with Crippen molar-refractivity contribution in [1.82, 2.24) is 5.32 Å². The quantitative estimate of drug-likeness (QED) is 0.665. The predicted molar refractivity (Wildman–Crippen MR) is 92.6 cm³/mol. The summed E-state index contributed by atoms with van der Waals surface area (Å²) in [6.07, 6.45) is 5.53. The summed E-state index contributed by atoms with van der Waals surface area (Å²) in [7, 11) is 0. The number of nitrogens with one attached hydrogen (secondary N) is 1. The summed E-state index contributed by atoms with van der Waals surface area (Å²) in [6, 6.07) is 9.78. The monoisotopic (exact) mass is 369 g/mol. The van der Waals surface area contributed by atoms with Gasteiger partial charge in [-0.05, 0) is 65.2 Å². The van der Waals surface area contributed by atoms with E-state index in [1.807, 2.05) is 22.7 Å². The Labute approximate surface area is 137 Å². The molecule has 2 unspecified atom stereocenters. The van der Waals surface area contributed by atoms with E-state index >= 15 is 0 Å². The second-order valence-electron chi connectivity index (χ2n) is 5.57. The van der Waals surface area contributed by atoms with Crippen LogP contribution in [0.4, 0.5) is 0 Å². The standard InChI is InChI=1S/C16H20BrNS2/c1-11(13-8-9-15(17)20-13)18-16(12-5-2-3-6-12)14-7-4-10-19-14/h4,7-12,16,18H,2-3,5-6H2,1H3. The smallest absolute Gasteiger partial charge is 0.0701 e. The Bertz CT molecular complexity index is 528. The molecule has 0 amide bonds. The Balaban J connectivity index is 1.76. The maximum Gasteiger partial charge on any atom is 0.0701 e. The van der Waals surface area contributed by atoms with Crippen molar-refractivity contribution in [3.63, 3.8) is 0 Å². The molecule has 0 aromatic carbocycles. The number of thiophene rings is 2. The minimum Gasteiger partial charge on any atom is -0.302 e. The van der Waals surface area contributed by atoms with Crippen molar-refractivity contribution in [2.75, 3.05) is 0 Å². The molecule has 3 rings (SSSR count). The number of hydrogen-bond donors (Lipinski definition) is 1. The zero-order chi connectivity index (χ0) is 13.9. The summed E-state index contributed by atoms with van der Waals surface area (Å²) < 4.78 is 1.22. The van der Waals surface area contributed by atoms with Crippen molar-refractivity contribution in [3.05, 3.63) is 43.2 Å². The van der Waals surface area contributed by atoms with Gasteiger partial charge in [0.15, 0.2) is 0 Å². The Hall–Kier alpha value is -0.160. The summed E-state index contributed by atoms with van der Waals surface area (Å²) in [5.41, 5.74) is 0. The van der Waals surface area contributed by atoms with Crippen LogP contribution in [0.2, 0.25) is 0 Å². The number of hydrogen-bond acceptors (Lipinski definition) is 3. The molecule has 20 heavy (non-hydrogen) atoms.